The number of fused-ring (bicyclic) bond motifs is 2. The molecule has 0 saturated carbocycles. The highest BCUT2D eigenvalue weighted by Gasteiger charge is 2.39. The minimum absolute atomic E-state index is 0.0732. The molecule has 0 N–H and O–H groups in total. The molecule has 2 aliphatic heterocycles. The summed E-state index contributed by atoms with van der Waals surface area (Å²) in [7, 11) is -3.46. The Balaban J connectivity index is 1.64. The van der Waals surface area contributed by atoms with Gasteiger partial charge in [-0.25, -0.2) is 0 Å². The lowest BCUT2D eigenvalue weighted by molar-refractivity contribution is 0.233. The summed E-state index contributed by atoms with van der Waals surface area (Å²) in [6, 6.07) is 12.1. The molecule has 1 aromatic carbocycles. The molecule has 1 aromatic heterocycles. The average molecular weight is 345 g/mol. The topological polar surface area (TPSA) is 45.6 Å². The predicted octanol–water partition coefficient (Wildman–Crippen LogP) is 2.56. The van der Waals surface area contributed by atoms with Crippen molar-refractivity contribution in [2.45, 2.75) is 38.9 Å². The SMILES string of the molecule is CC[C@H]1c2cccn2CCN1S(=O)(=O)N1CCc2ccccc2C1. The zero-order valence-electron chi connectivity index (χ0n) is 13.9. The Morgan fingerprint density at radius 2 is 1.83 bits per heavy atom. The quantitative estimate of drug-likeness (QED) is 0.858. The Bertz CT molecular complexity index is 843. The average Bonchev–Trinajstić information content (AvgIpc) is 3.09. The molecule has 0 spiro atoms. The van der Waals surface area contributed by atoms with Gasteiger partial charge in [0, 0.05) is 38.1 Å². The number of hydrogen-bond donors (Lipinski definition) is 0. The van der Waals surface area contributed by atoms with Crippen molar-refractivity contribution < 1.29 is 8.42 Å². The Morgan fingerprint density at radius 3 is 2.62 bits per heavy atom. The standard InChI is InChI=1S/C18H23N3O2S/c1-2-17-18-8-5-10-19(18)12-13-21(17)24(22,23)20-11-9-15-6-3-4-7-16(15)14-20/h3-8,10,17H,2,9,11-14H2,1H3/t17-/m0/s1. The second-order valence-electron chi connectivity index (χ2n) is 6.52. The third-order valence-corrected chi connectivity index (χ3v) is 7.21. The van der Waals surface area contributed by atoms with E-state index >= 15 is 0 Å². The van der Waals surface area contributed by atoms with E-state index < -0.39 is 10.2 Å². The van der Waals surface area contributed by atoms with Crippen LogP contribution in [0.5, 0.6) is 0 Å². The Hall–Kier alpha value is -1.63. The van der Waals surface area contributed by atoms with Crippen LogP contribution in [0.2, 0.25) is 0 Å². The lowest BCUT2D eigenvalue weighted by Crippen LogP contribution is -2.50. The molecule has 2 aromatic rings. The fourth-order valence-corrected chi connectivity index (χ4v) is 5.76. The van der Waals surface area contributed by atoms with E-state index in [0.717, 1.165) is 30.6 Å². The molecule has 3 heterocycles. The van der Waals surface area contributed by atoms with Gasteiger partial charge in [-0.2, -0.15) is 17.0 Å². The van der Waals surface area contributed by atoms with Crippen molar-refractivity contribution in [1.82, 2.24) is 13.2 Å². The first-order valence-electron chi connectivity index (χ1n) is 8.60. The number of rotatable bonds is 3. The van der Waals surface area contributed by atoms with Crippen LogP contribution in [0.3, 0.4) is 0 Å². The van der Waals surface area contributed by atoms with E-state index in [1.165, 1.54) is 5.56 Å². The maximum Gasteiger partial charge on any atom is 0.282 e. The molecule has 128 valence electrons. The summed E-state index contributed by atoms with van der Waals surface area (Å²) in [6.07, 6.45) is 3.61. The van der Waals surface area contributed by atoms with Gasteiger partial charge in [0.15, 0.2) is 0 Å². The predicted molar refractivity (Wildman–Crippen MR) is 93.6 cm³/mol. The van der Waals surface area contributed by atoms with Crippen LogP contribution in [-0.4, -0.2) is 34.7 Å². The van der Waals surface area contributed by atoms with E-state index in [2.05, 4.69) is 17.6 Å². The Morgan fingerprint density at radius 1 is 1.04 bits per heavy atom. The molecule has 24 heavy (non-hydrogen) atoms. The molecule has 0 fully saturated rings. The molecule has 0 unspecified atom stereocenters. The van der Waals surface area contributed by atoms with Gasteiger partial charge in [-0.1, -0.05) is 31.2 Å². The van der Waals surface area contributed by atoms with Crippen molar-refractivity contribution in [3.63, 3.8) is 0 Å². The molecule has 0 radical (unpaired) electrons. The van der Waals surface area contributed by atoms with Gasteiger partial charge in [0.2, 0.25) is 0 Å². The highest BCUT2D eigenvalue weighted by Crippen LogP contribution is 2.33. The van der Waals surface area contributed by atoms with Crippen LogP contribution < -0.4 is 0 Å². The Kier molecular flexibility index (Phi) is 3.98. The smallest absolute Gasteiger partial charge is 0.282 e. The molecule has 2 aliphatic rings. The van der Waals surface area contributed by atoms with Crippen LogP contribution >= 0.6 is 0 Å². The summed E-state index contributed by atoms with van der Waals surface area (Å²) in [5, 5.41) is 0. The lowest BCUT2D eigenvalue weighted by Gasteiger charge is -2.39. The van der Waals surface area contributed by atoms with Crippen LogP contribution in [0.15, 0.2) is 42.6 Å². The van der Waals surface area contributed by atoms with E-state index in [0.29, 0.717) is 19.6 Å². The lowest BCUT2D eigenvalue weighted by atomic mass is 10.0. The highest BCUT2D eigenvalue weighted by molar-refractivity contribution is 7.86. The van der Waals surface area contributed by atoms with E-state index in [4.69, 9.17) is 0 Å². The zero-order valence-corrected chi connectivity index (χ0v) is 14.7. The van der Waals surface area contributed by atoms with Crippen molar-refractivity contribution in [3.05, 3.63) is 59.4 Å². The molecule has 1 atom stereocenters. The molecule has 0 aliphatic carbocycles. The Labute approximate surface area is 143 Å². The number of nitrogens with zero attached hydrogens (tertiary/aromatic N) is 3. The van der Waals surface area contributed by atoms with Crippen molar-refractivity contribution >= 4 is 10.2 Å². The molecule has 5 nitrogen and oxygen atoms in total. The third kappa shape index (κ3) is 2.49. The van der Waals surface area contributed by atoms with Gasteiger partial charge < -0.3 is 4.57 Å². The summed E-state index contributed by atoms with van der Waals surface area (Å²) in [4.78, 5) is 0. The summed E-state index contributed by atoms with van der Waals surface area (Å²) >= 11 is 0. The van der Waals surface area contributed by atoms with Crippen LogP contribution in [0.1, 0.15) is 36.2 Å². The molecule has 4 rings (SSSR count). The van der Waals surface area contributed by atoms with E-state index in [1.807, 2.05) is 36.5 Å². The van der Waals surface area contributed by atoms with Gasteiger partial charge in [0.25, 0.3) is 10.2 Å². The molecule has 0 bridgehead atoms. The van der Waals surface area contributed by atoms with Crippen LogP contribution in [0.4, 0.5) is 0 Å². The first kappa shape index (κ1) is 15.9. The number of hydrogen-bond acceptors (Lipinski definition) is 2. The second-order valence-corrected chi connectivity index (χ2v) is 8.40. The van der Waals surface area contributed by atoms with Gasteiger partial charge in [-0.15, -0.1) is 0 Å². The normalized spacial score (nSPS) is 22.1. The largest absolute Gasteiger partial charge is 0.349 e. The van der Waals surface area contributed by atoms with Gasteiger partial charge in [0.1, 0.15) is 0 Å². The number of benzene rings is 1. The summed E-state index contributed by atoms with van der Waals surface area (Å²) in [5.74, 6) is 0. The molecule has 6 heteroatoms. The first-order valence-corrected chi connectivity index (χ1v) is 9.99. The van der Waals surface area contributed by atoms with Crippen molar-refractivity contribution in [1.29, 1.82) is 0 Å². The van der Waals surface area contributed by atoms with Crippen molar-refractivity contribution in [3.8, 4) is 0 Å². The molecule has 0 saturated heterocycles. The van der Waals surface area contributed by atoms with Crippen LogP contribution in [-0.2, 0) is 29.7 Å². The summed E-state index contributed by atoms with van der Waals surface area (Å²) in [6.45, 7) is 4.37. The minimum Gasteiger partial charge on any atom is -0.349 e. The molecular weight excluding hydrogens is 322 g/mol. The molecule has 0 amide bonds. The van der Waals surface area contributed by atoms with Gasteiger partial charge >= 0.3 is 0 Å². The first-order chi connectivity index (χ1) is 11.6. The fraction of sp³-hybridized carbons (Fsp3) is 0.444. The van der Waals surface area contributed by atoms with E-state index in [1.54, 1.807) is 8.61 Å². The minimum atomic E-state index is -3.46. The van der Waals surface area contributed by atoms with Crippen LogP contribution in [0, 0.1) is 0 Å². The van der Waals surface area contributed by atoms with Gasteiger partial charge in [-0.05, 0) is 36.1 Å². The fourth-order valence-electron chi connectivity index (χ4n) is 3.95. The van der Waals surface area contributed by atoms with Crippen molar-refractivity contribution in [2.75, 3.05) is 13.1 Å². The maximum absolute atomic E-state index is 13.3. The maximum atomic E-state index is 13.3. The summed E-state index contributed by atoms with van der Waals surface area (Å²) < 4.78 is 32.1. The highest BCUT2D eigenvalue weighted by atomic mass is 32.2. The zero-order chi connectivity index (χ0) is 16.7. The monoisotopic (exact) mass is 345 g/mol. The molecular formula is C18H23N3O2S. The number of aromatic nitrogens is 1. The van der Waals surface area contributed by atoms with Gasteiger partial charge in [-0.3, -0.25) is 0 Å². The third-order valence-electron chi connectivity index (χ3n) is 5.22. The van der Waals surface area contributed by atoms with Gasteiger partial charge in [0.05, 0.1) is 6.04 Å². The van der Waals surface area contributed by atoms with Crippen LogP contribution in [0.25, 0.3) is 0 Å². The van der Waals surface area contributed by atoms with E-state index in [9.17, 15) is 8.42 Å². The second kappa shape index (κ2) is 6.02. The summed E-state index contributed by atoms with van der Waals surface area (Å²) in [5.41, 5.74) is 3.49. The van der Waals surface area contributed by atoms with Crippen molar-refractivity contribution in [2.24, 2.45) is 0 Å². The van der Waals surface area contributed by atoms with E-state index in [-0.39, 0.29) is 6.04 Å².